The van der Waals surface area contributed by atoms with Crippen LogP contribution in [0, 0.1) is 5.92 Å². The largest absolute Gasteiger partial charge is 0.507 e. The minimum atomic E-state index is -0.125. The molecule has 12 aromatic rings. The molecule has 8 N–H and O–H groups in total. The smallest absolute Gasteiger partial charge is 0.203 e. The van der Waals surface area contributed by atoms with Crippen LogP contribution < -0.4 is 35.9 Å². The maximum absolute atomic E-state index is 13.6. The number of piperidine rings is 2. The van der Waals surface area contributed by atoms with Gasteiger partial charge in [0.05, 0.1) is 108 Å². The summed E-state index contributed by atoms with van der Waals surface area (Å²) in [6, 6.07) is 28.8. The Kier molecular flexibility index (Phi) is 19.2. The molecule has 3 fully saturated rings. The number of thiazole rings is 2. The molecule has 9 heterocycles. The van der Waals surface area contributed by atoms with Gasteiger partial charge in [0.1, 0.15) is 120 Å². The number of aromatic hydroxyl groups is 3. The van der Waals surface area contributed by atoms with Gasteiger partial charge in [-0.05, 0) is 135 Å². The third-order valence-corrected chi connectivity index (χ3v) is 21.7. The van der Waals surface area contributed by atoms with E-state index in [1.54, 1.807) is 23.1 Å². The minimum absolute atomic E-state index is 0.0847. The Morgan fingerprint density at radius 2 is 0.894 bits per heavy atom. The SMILES string of the molecule is CCC[NH+]1CC[NH+](Cc2c(O)c(CC)cc3c(=O)c(-c4nc5ccccc5s4)coc23)CC1.CCc1cc2c(=O)c(-c3nc4ccccc4[nH]3)coc2c(C[NH+]2CCCCC2)c1O.CCc1cc2c(=O)c(-c3nc4ccccc4s3)coc2c(C[NH+]2CCC(C)CC2)c1O. The third-order valence-electron chi connectivity index (χ3n) is 19.6. The van der Waals surface area contributed by atoms with Crippen LogP contribution >= 0.6 is 22.7 Å². The summed E-state index contributed by atoms with van der Waals surface area (Å²) in [4.78, 5) is 63.5. The van der Waals surface area contributed by atoms with Crippen LogP contribution in [0.2, 0.25) is 0 Å². The van der Waals surface area contributed by atoms with Gasteiger partial charge in [-0.2, -0.15) is 0 Å². The Balaban J connectivity index is 0.000000128. The molecule has 19 heteroatoms. The van der Waals surface area contributed by atoms with E-state index in [9.17, 15) is 29.7 Å². The number of H-pyrrole nitrogens is 1. The second kappa shape index (κ2) is 28.2. The summed E-state index contributed by atoms with van der Waals surface area (Å²) in [5, 5.41) is 35.8. The molecule has 94 heavy (non-hydrogen) atoms. The monoisotopic (exact) mass is 1300 g/mol. The number of fused-ring (bicyclic) bond motifs is 6. The number of benzene rings is 6. The summed E-state index contributed by atoms with van der Waals surface area (Å²) in [5.41, 5.74) is 10.6. The lowest BCUT2D eigenvalue weighted by molar-refractivity contribution is -1.02. The zero-order valence-corrected chi connectivity index (χ0v) is 55.9. The van der Waals surface area contributed by atoms with E-state index in [1.807, 2.05) is 93.6 Å². The number of hydrogen-bond donors (Lipinski definition) is 8. The van der Waals surface area contributed by atoms with E-state index in [4.69, 9.17) is 13.3 Å². The number of rotatable bonds is 14. The van der Waals surface area contributed by atoms with Crippen molar-refractivity contribution >= 4 is 87.0 Å². The predicted octanol–water partition coefficient (Wildman–Crippen LogP) is 9.36. The first kappa shape index (κ1) is 64.2. The van der Waals surface area contributed by atoms with E-state index in [-0.39, 0.29) is 33.5 Å². The normalized spacial score (nSPS) is 17.8. The van der Waals surface area contributed by atoms with Crippen LogP contribution in [-0.4, -0.2) is 94.2 Å². The second-order valence-electron chi connectivity index (χ2n) is 25.8. The molecule has 3 aliphatic rings. The molecule has 0 spiro atoms. The zero-order chi connectivity index (χ0) is 65.1. The number of nitrogens with one attached hydrogen (secondary N) is 5. The molecule has 0 bridgehead atoms. The lowest BCUT2D eigenvalue weighted by atomic mass is 9.97. The van der Waals surface area contributed by atoms with E-state index in [1.165, 1.54) is 101 Å². The number of imidazole rings is 1. The summed E-state index contributed by atoms with van der Waals surface area (Å²) in [7, 11) is 0. The van der Waals surface area contributed by atoms with Crippen molar-refractivity contribution in [3.05, 3.63) is 174 Å². The maximum atomic E-state index is 13.6. The average molecular weight is 1310 g/mol. The number of phenolic OH excluding ortho intramolecular Hbond substituents is 3. The van der Waals surface area contributed by atoms with Gasteiger partial charge in [-0.25, -0.2) is 15.0 Å². The number of nitrogens with zero attached hydrogens (tertiary/aromatic N) is 3. The van der Waals surface area contributed by atoms with Gasteiger partial charge in [0.25, 0.3) is 0 Å². The second-order valence-corrected chi connectivity index (χ2v) is 27.9. The van der Waals surface area contributed by atoms with Gasteiger partial charge < -0.3 is 53.2 Å². The summed E-state index contributed by atoms with van der Waals surface area (Å²) in [5.74, 6) is 2.07. The van der Waals surface area contributed by atoms with Crippen molar-refractivity contribution in [3.63, 3.8) is 0 Å². The Hall–Kier alpha value is -8.56. The molecule has 486 valence electrons. The number of hydrogen-bond acceptors (Lipinski definition) is 14. The van der Waals surface area contributed by atoms with Gasteiger partial charge in [-0.1, -0.05) is 71.0 Å². The Bertz CT molecular complexity index is 4830. The molecule has 0 saturated carbocycles. The Labute approximate surface area is 552 Å². The number of aromatic amines is 1. The first-order valence-corrected chi connectivity index (χ1v) is 35.3. The van der Waals surface area contributed by atoms with Crippen molar-refractivity contribution in [2.45, 2.75) is 112 Å². The summed E-state index contributed by atoms with van der Waals surface area (Å²) in [6.45, 7) is 22.5. The number of para-hydroxylation sites is 4. The van der Waals surface area contributed by atoms with Gasteiger partial charge in [0.2, 0.25) is 16.3 Å². The van der Waals surface area contributed by atoms with Crippen LogP contribution in [0.25, 0.3) is 96.9 Å². The minimum Gasteiger partial charge on any atom is -0.507 e. The topological polar surface area (TPSA) is 224 Å². The van der Waals surface area contributed by atoms with E-state index in [0.29, 0.717) is 104 Å². The van der Waals surface area contributed by atoms with Crippen molar-refractivity contribution in [1.82, 2.24) is 19.9 Å². The molecule has 15 rings (SSSR count). The molecule has 17 nitrogen and oxygen atoms in total. The molecule has 0 atom stereocenters. The van der Waals surface area contributed by atoms with Crippen LogP contribution in [0.15, 0.2) is 137 Å². The molecular formula is C75H84N8O9S2+4. The number of piperazine rings is 1. The molecular weight excluding hydrogens is 1220 g/mol. The molecule has 0 aliphatic carbocycles. The Morgan fingerprint density at radius 1 is 0.489 bits per heavy atom. The first-order valence-electron chi connectivity index (χ1n) is 33.7. The van der Waals surface area contributed by atoms with E-state index < -0.39 is 0 Å². The summed E-state index contributed by atoms with van der Waals surface area (Å²) >= 11 is 2.99. The van der Waals surface area contributed by atoms with Crippen LogP contribution in [-0.2, 0) is 38.9 Å². The average Bonchev–Trinajstić information content (AvgIpc) is 1.10. The highest BCUT2D eigenvalue weighted by molar-refractivity contribution is 7.22. The molecule has 0 radical (unpaired) electrons. The van der Waals surface area contributed by atoms with Gasteiger partial charge in [-0.3, -0.25) is 14.4 Å². The van der Waals surface area contributed by atoms with E-state index in [0.717, 1.165) is 123 Å². The van der Waals surface area contributed by atoms with Crippen molar-refractivity contribution < 1.29 is 48.2 Å². The number of aromatic nitrogens is 4. The number of likely N-dealkylation sites (tertiary alicyclic amines) is 2. The quantitative estimate of drug-likeness (QED) is 0.0510. The molecule has 3 aliphatic heterocycles. The van der Waals surface area contributed by atoms with Gasteiger partial charge in [0, 0.05) is 0 Å². The fraction of sp³-hybridized carbons (Fsp3) is 0.360. The summed E-state index contributed by atoms with van der Waals surface area (Å²) < 4.78 is 20.2. The predicted molar refractivity (Wildman–Crippen MR) is 374 cm³/mol. The van der Waals surface area contributed by atoms with E-state index in [2.05, 4.69) is 33.8 Å². The molecule has 0 amide bonds. The van der Waals surface area contributed by atoms with Gasteiger partial charge >= 0.3 is 0 Å². The molecule has 6 aromatic heterocycles. The van der Waals surface area contributed by atoms with Crippen molar-refractivity contribution in [2.24, 2.45) is 5.92 Å². The number of aryl methyl sites for hydroxylation is 3. The van der Waals surface area contributed by atoms with Crippen LogP contribution in [0.5, 0.6) is 17.2 Å². The van der Waals surface area contributed by atoms with Crippen molar-refractivity contribution in [2.75, 3.05) is 58.9 Å². The lowest BCUT2D eigenvalue weighted by Crippen LogP contribution is -3.27. The van der Waals surface area contributed by atoms with Crippen LogP contribution in [0.4, 0.5) is 0 Å². The number of quaternary nitrogens is 4. The van der Waals surface area contributed by atoms with Crippen LogP contribution in [0.3, 0.4) is 0 Å². The molecule has 6 aromatic carbocycles. The lowest BCUT2D eigenvalue weighted by Gasteiger charge is -2.29. The maximum Gasteiger partial charge on any atom is 0.203 e. The fourth-order valence-electron chi connectivity index (χ4n) is 14.1. The number of phenols is 3. The zero-order valence-electron chi connectivity index (χ0n) is 54.3. The molecule has 0 unspecified atom stereocenters. The highest BCUT2D eigenvalue weighted by Gasteiger charge is 2.30. The van der Waals surface area contributed by atoms with Crippen LogP contribution in [0.1, 0.15) is 107 Å². The highest BCUT2D eigenvalue weighted by Crippen LogP contribution is 2.37. The van der Waals surface area contributed by atoms with Crippen molar-refractivity contribution in [1.29, 1.82) is 0 Å². The summed E-state index contributed by atoms with van der Waals surface area (Å²) in [6.07, 6.45) is 13.7. The third kappa shape index (κ3) is 13.1. The standard InChI is InChI=1S/C26H29N3O3S.C25H26N2O3S.C24H25N3O3/c1-3-9-28-10-12-29(13-11-28)15-19-23(30)17(4-2)14-18-24(31)20(16-32-25(18)19)26-27-21-7-5-6-8-22(21)33-26;1-3-16-12-17-23(29)19(25-26-20-6-4-5-7-21(20)31-25)14-30-24(17)18(22(16)28)13-27-10-8-15(2)9-11-27;1-2-15-12-16-22(29)18(24-25-19-8-4-5-9-20(19)26-24)14-30-23(16)17(21(15)28)13-27-10-6-3-7-11-27/h5-8,14,16,30H,3-4,9-13,15H2,1-2H3;4-7,12,14-15,28H,3,8-11,13H2,1-2H3;4-5,8-9,12,14,28H,2-3,6-7,10-11,13H2,1H3,(H,25,26)/p+4. The Morgan fingerprint density at radius 3 is 1.34 bits per heavy atom. The van der Waals surface area contributed by atoms with Gasteiger partial charge in [0.15, 0.2) is 0 Å². The first-order chi connectivity index (χ1) is 45.8. The van der Waals surface area contributed by atoms with Gasteiger partial charge in [-0.15, -0.1) is 22.7 Å². The fourth-order valence-corrected chi connectivity index (χ4v) is 16.0. The highest BCUT2D eigenvalue weighted by atomic mass is 32.1. The van der Waals surface area contributed by atoms with Crippen molar-refractivity contribution in [3.8, 4) is 49.8 Å². The van der Waals surface area contributed by atoms with E-state index >= 15 is 0 Å². The molecule has 3 saturated heterocycles.